The summed E-state index contributed by atoms with van der Waals surface area (Å²) in [5.74, 6) is 0.876. The Bertz CT molecular complexity index is 3320. The van der Waals surface area contributed by atoms with Crippen LogP contribution in [0.1, 0.15) is 132 Å². The van der Waals surface area contributed by atoms with Gasteiger partial charge in [-0.2, -0.15) is 0 Å². The van der Waals surface area contributed by atoms with Gasteiger partial charge in [-0.25, -0.2) is 0 Å². The van der Waals surface area contributed by atoms with Gasteiger partial charge in [-0.1, -0.05) is 195 Å². The molecule has 0 bridgehead atoms. The molecule has 0 atom stereocenters. The maximum Gasteiger partial charge on any atom is 0.257 e. The lowest BCUT2D eigenvalue weighted by atomic mass is 9.33. The summed E-state index contributed by atoms with van der Waals surface area (Å²) in [4.78, 5) is 7.50. The van der Waals surface area contributed by atoms with Gasteiger partial charge < -0.3 is 14.2 Å². The lowest BCUT2D eigenvalue weighted by Crippen LogP contribution is -2.61. The Kier molecular flexibility index (Phi) is 11.8. The Morgan fingerprint density at radius 2 is 0.808 bits per heavy atom. The molecule has 0 saturated carbocycles. The average Bonchev–Trinajstić information content (AvgIpc) is 3.68. The summed E-state index contributed by atoms with van der Waals surface area (Å²) in [6.07, 6.45) is 0. The first-order valence-corrected chi connectivity index (χ1v) is 30.2. The zero-order valence-electron chi connectivity index (χ0n) is 47.2. The number of hydrogen-bond acceptors (Lipinski definition) is 4. The highest BCUT2D eigenvalue weighted by Crippen LogP contribution is 2.50. The van der Waals surface area contributed by atoms with Gasteiger partial charge in [-0.3, -0.25) is 4.90 Å². The summed E-state index contributed by atoms with van der Waals surface area (Å²) in [5, 5.41) is 2.61. The second kappa shape index (κ2) is 17.2. The Morgan fingerprint density at radius 1 is 0.397 bits per heavy atom. The van der Waals surface area contributed by atoms with Gasteiger partial charge in [0, 0.05) is 50.7 Å². The standard InChI is InChI=1S/C67H78BN3OSi/c1-63(2,3)43-19-27-48(28-20-43)69(49-33-35-53(36-34-49)73(16,17)18)52-41-57-61-58(42-52)71(51-31-23-45(24-32-51)65(7,8)9)62-60(54-39-46(66(10,11)12)26-38-59(54)72-62)68(61)55-40-47(67(13,14)15)25-37-56(55)70(57)50-29-21-44(22-30-50)64(4,5)6/h19-42H,1-18H3. The number of rotatable bonds is 6. The van der Waals surface area contributed by atoms with Crippen molar-refractivity contribution in [1.29, 1.82) is 0 Å². The Balaban J connectivity index is 1.36. The fraction of sp³-hybridized carbons (Fsp3) is 0.343. The third-order valence-electron chi connectivity index (χ3n) is 15.6. The second-order valence-electron chi connectivity index (χ2n) is 27.3. The zero-order valence-corrected chi connectivity index (χ0v) is 48.2. The lowest BCUT2D eigenvalue weighted by Gasteiger charge is -2.44. The van der Waals surface area contributed by atoms with E-state index in [4.69, 9.17) is 4.42 Å². The molecule has 0 saturated heterocycles. The molecular weight excluding hydrogens is 902 g/mol. The van der Waals surface area contributed by atoms with E-state index in [9.17, 15) is 0 Å². The van der Waals surface area contributed by atoms with Crippen LogP contribution in [0.3, 0.4) is 0 Å². The minimum Gasteiger partial charge on any atom is -0.440 e. The predicted molar refractivity (Wildman–Crippen MR) is 321 cm³/mol. The molecule has 0 unspecified atom stereocenters. The topological polar surface area (TPSA) is 22.9 Å². The van der Waals surface area contributed by atoms with E-state index in [1.54, 1.807) is 0 Å². The molecule has 7 aromatic carbocycles. The highest BCUT2D eigenvalue weighted by molar-refractivity contribution is 7.01. The molecule has 374 valence electrons. The maximum absolute atomic E-state index is 7.41. The highest BCUT2D eigenvalue weighted by Gasteiger charge is 2.47. The molecule has 6 heteroatoms. The van der Waals surface area contributed by atoms with Crippen molar-refractivity contribution in [2.75, 3.05) is 14.7 Å². The highest BCUT2D eigenvalue weighted by atomic mass is 28.3. The van der Waals surface area contributed by atoms with E-state index in [2.05, 4.69) is 284 Å². The summed E-state index contributed by atoms with van der Waals surface area (Å²) in [5.41, 5.74) is 20.0. The van der Waals surface area contributed by atoms with Gasteiger partial charge in [-0.05, 0) is 145 Å². The molecule has 2 aliphatic rings. The van der Waals surface area contributed by atoms with Crippen LogP contribution in [-0.4, -0.2) is 14.8 Å². The SMILES string of the molecule is CC(C)(C)c1ccc(N(c2ccc([Si](C)(C)C)cc2)c2cc3c4c(c2)N(c2ccc(C(C)(C)C)cc2)c2oc5ccc(C(C)(C)C)cc5c2B4c2cc(C(C)(C)C)ccc2N3c2ccc(C(C)(C)C)cc2)cc1. The van der Waals surface area contributed by atoms with E-state index in [1.165, 1.54) is 60.5 Å². The van der Waals surface area contributed by atoms with Crippen LogP contribution in [0, 0.1) is 0 Å². The Labute approximate surface area is 439 Å². The third-order valence-corrected chi connectivity index (χ3v) is 17.7. The molecule has 1 aromatic heterocycles. The molecule has 8 aromatic rings. The molecule has 0 N–H and O–H groups in total. The van der Waals surface area contributed by atoms with E-state index >= 15 is 0 Å². The predicted octanol–water partition coefficient (Wildman–Crippen LogP) is 17.0. The van der Waals surface area contributed by atoms with Crippen molar-refractivity contribution in [2.45, 2.75) is 151 Å². The number of hydrogen-bond donors (Lipinski definition) is 0. The van der Waals surface area contributed by atoms with Crippen LogP contribution < -0.4 is 36.3 Å². The molecule has 0 radical (unpaired) electrons. The minimum absolute atomic E-state index is 0.00583. The number of nitrogens with zero attached hydrogens (tertiary/aromatic N) is 3. The molecule has 0 spiro atoms. The fourth-order valence-corrected chi connectivity index (χ4v) is 12.2. The summed E-state index contributed by atoms with van der Waals surface area (Å²) in [6.45, 7) is 41.8. The molecule has 3 heterocycles. The number of benzene rings is 7. The van der Waals surface area contributed by atoms with Crippen LogP contribution in [0.4, 0.5) is 51.4 Å². The van der Waals surface area contributed by atoms with Gasteiger partial charge in [0.25, 0.3) is 6.71 Å². The Morgan fingerprint density at radius 3 is 1.29 bits per heavy atom. The van der Waals surface area contributed by atoms with Crippen molar-refractivity contribution in [3.63, 3.8) is 0 Å². The van der Waals surface area contributed by atoms with Crippen molar-refractivity contribution in [3.05, 3.63) is 173 Å². The maximum atomic E-state index is 7.41. The first-order valence-electron chi connectivity index (χ1n) is 26.7. The van der Waals surface area contributed by atoms with Gasteiger partial charge in [0.1, 0.15) is 5.58 Å². The first-order chi connectivity index (χ1) is 34.0. The van der Waals surface area contributed by atoms with Gasteiger partial charge >= 0.3 is 0 Å². The third kappa shape index (κ3) is 9.06. The summed E-state index contributed by atoms with van der Waals surface area (Å²) in [6, 6.07) is 56.5. The van der Waals surface area contributed by atoms with Crippen LogP contribution in [0.2, 0.25) is 19.6 Å². The quantitative estimate of drug-likeness (QED) is 0.155. The van der Waals surface area contributed by atoms with Crippen LogP contribution in [-0.2, 0) is 27.1 Å². The van der Waals surface area contributed by atoms with Crippen molar-refractivity contribution >= 4 is 98.7 Å². The molecule has 2 aliphatic heterocycles. The number of furan rings is 1. The fourth-order valence-electron chi connectivity index (χ4n) is 11.0. The van der Waals surface area contributed by atoms with Crippen molar-refractivity contribution in [2.24, 2.45) is 0 Å². The van der Waals surface area contributed by atoms with Crippen LogP contribution in [0.15, 0.2) is 150 Å². The smallest absolute Gasteiger partial charge is 0.257 e. The van der Waals surface area contributed by atoms with Gasteiger partial charge in [-0.15, -0.1) is 0 Å². The summed E-state index contributed by atoms with van der Waals surface area (Å²) < 4.78 is 7.41. The normalized spacial score (nSPS) is 14.1. The molecule has 10 rings (SSSR count). The second-order valence-corrected chi connectivity index (χ2v) is 32.4. The molecule has 4 nitrogen and oxygen atoms in total. The van der Waals surface area contributed by atoms with Crippen LogP contribution in [0.5, 0.6) is 0 Å². The lowest BCUT2D eigenvalue weighted by molar-refractivity contribution is 0.589. The van der Waals surface area contributed by atoms with E-state index in [-0.39, 0.29) is 33.8 Å². The van der Waals surface area contributed by atoms with Gasteiger partial charge in [0.15, 0.2) is 0 Å². The summed E-state index contributed by atoms with van der Waals surface area (Å²) in [7, 11) is -1.59. The number of fused-ring (bicyclic) bond motifs is 6. The van der Waals surface area contributed by atoms with Crippen molar-refractivity contribution in [3.8, 4) is 0 Å². The van der Waals surface area contributed by atoms with E-state index < -0.39 is 8.07 Å². The zero-order chi connectivity index (χ0) is 52.5. The summed E-state index contributed by atoms with van der Waals surface area (Å²) >= 11 is 0. The largest absolute Gasteiger partial charge is 0.440 e. The molecular formula is C67H78BN3OSi. The number of anilines is 9. The molecule has 0 fully saturated rings. The van der Waals surface area contributed by atoms with Crippen molar-refractivity contribution < 1.29 is 4.42 Å². The molecule has 73 heavy (non-hydrogen) atoms. The first kappa shape index (κ1) is 50.3. The van der Waals surface area contributed by atoms with E-state index in [0.29, 0.717) is 0 Å². The van der Waals surface area contributed by atoms with Gasteiger partial charge in [0.05, 0.1) is 13.8 Å². The minimum atomic E-state index is -1.59. The van der Waals surface area contributed by atoms with E-state index in [1.807, 2.05) is 0 Å². The molecule has 0 amide bonds. The van der Waals surface area contributed by atoms with Gasteiger partial charge in [0.2, 0.25) is 5.88 Å². The van der Waals surface area contributed by atoms with E-state index in [0.717, 1.165) is 51.3 Å². The average molecular weight is 980 g/mol. The van der Waals surface area contributed by atoms with Crippen LogP contribution >= 0.6 is 0 Å². The van der Waals surface area contributed by atoms with Crippen LogP contribution in [0.25, 0.3) is 11.0 Å². The van der Waals surface area contributed by atoms with Crippen molar-refractivity contribution in [1.82, 2.24) is 0 Å². The monoisotopic (exact) mass is 980 g/mol. The molecule has 0 aliphatic carbocycles. The Hall–Kier alpha value is -6.24.